The molecule has 0 aromatic carbocycles. The Morgan fingerprint density at radius 2 is 2.06 bits per heavy atom. The Balaban J connectivity index is 4.21. The average Bonchev–Trinajstić information content (AvgIpc) is 2.15. The van der Waals surface area contributed by atoms with Gasteiger partial charge in [0, 0.05) is 19.7 Å². The van der Waals surface area contributed by atoms with Crippen molar-refractivity contribution in [3.63, 3.8) is 0 Å². The first-order valence-corrected chi connectivity index (χ1v) is 6.00. The molecular weight excluding hydrogens is 230 g/mol. The molecular formula is C11H22ClNO3. The molecule has 0 aliphatic heterocycles. The molecule has 16 heavy (non-hydrogen) atoms. The fraction of sp³-hybridized carbons (Fsp3) is 0.909. The highest BCUT2D eigenvalue weighted by Gasteiger charge is 2.23. The summed E-state index contributed by atoms with van der Waals surface area (Å²) in [6.45, 7) is 6.99. The van der Waals surface area contributed by atoms with Gasteiger partial charge in [-0.3, -0.25) is 0 Å². The first-order valence-electron chi connectivity index (χ1n) is 5.62. The molecule has 0 fully saturated rings. The van der Waals surface area contributed by atoms with Gasteiger partial charge in [0.15, 0.2) is 0 Å². The van der Waals surface area contributed by atoms with Gasteiger partial charge in [0.2, 0.25) is 0 Å². The molecule has 0 spiro atoms. The van der Waals surface area contributed by atoms with Crippen molar-refractivity contribution in [2.24, 2.45) is 0 Å². The Kier molecular flexibility index (Phi) is 7.51. The summed E-state index contributed by atoms with van der Waals surface area (Å²) in [5.74, 6) is 0. The third-order valence-electron chi connectivity index (χ3n) is 1.93. The second-order valence-electron chi connectivity index (χ2n) is 4.27. The third-order valence-corrected chi connectivity index (χ3v) is 2.05. The number of aliphatic hydroxyl groups is 1. The van der Waals surface area contributed by atoms with E-state index < -0.39 is 4.87 Å². The van der Waals surface area contributed by atoms with Gasteiger partial charge in [-0.15, -0.1) is 11.6 Å². The third kappa shape index (κ3) is 7.77. The normalized spacial score (nSPS) is 11.3. The highest BCUT2D eigenvalue weighted by atomic mass is 35.5. The largest absolute Gasteiger partial charge is 0.450 e. The van der Waals surface area contributed by atoms with Crippen LogP contribution in [0.1, 0.15) is 33.6 Å². The molecule has 4 nitrogen and oxygen atoms in total. The Morgan fingerprint density at radius 1 is 1.44 bits per heavy atom. The lowest BCUT2D eigenvalue weighted by Crippen LogP contribution is -2.40. The molecule has 0 atom stereocenters. The summed E-state index contributed by atoms with van der Waals surface area (Å²) in [7, 11) is 0. The minimum atomic E-state index is -0.466. The van der Waals surface area contributed by atoms with Gasteiger partial charge in [0.1, 0.15) is 0 Å². The Labute approximate surface area is 103 Å². The number of nitrogens with zero attached hydrogens (tertiary/aromatic N) is 1. The molecule has 96 valence electrons. The molecule has 0 aromatic heterocycles. The molecule has 1 amide bonds. The monoisotopic (exact) mass is 251 g/mol. The standard InChI is InChI=1S/C11H22ClNO3/c1-4-16-10(15)13(7-5-6-8-14)9-11(2,3)12/h14H,4-9H2,1-3H3. The number of rotatable bonds is 7. The minimum Gasteiger partial charge on any atom is -0.450 e. The average molecular weight is 252 g/mol. The lowest BCUT2D eigenvalue weighted by molar-refractivity contribution is 0.102. The molecule has 0 saturated carbocycles. The van der Waals surface area contributed by atoms with E-state index in [-0.39, 0.29) is 12.7 Å². The van der Waals surface area contributed by atoms with E-state index in [9.17, 15) is 4.79 Å². The predicted molar refractivity (Wildman–Crippen MR) is 64.8 cm³/mol. The van der Waals surface area contributed by atoms with E-state index in [1.54, 1.807) is 11.8 Å². The van der Waals surface area contributed by atoms with Gasteiger partial charge in [-0.05, 0) is 33.6 Å². The number of aliphatic hydroxyl groups excluding tert-OH is 1. The van der Waals surface area contributed by atoms with Crippen molar-refractivity contribution in [1.29, 1.82) is 0 Å². The van der Waals surface area contributed by atoms with Crippen LogP contribution in [0, 0.1) is 0 Å². The van der Waals surface area contributed by atoms with Gasteiger partial charge >= 0.3 is 6.09 Å². The van der Waals surface area contributed by atoms with E-state index in [2.05, 4.69) is 0 Å². The van der Waals surface area contributed by atoms with E-state index in [4.69, 9.17) is 21.4 Å². The van der Waals surface area contributed by atoms with Gasteiger partial charge in [-0.2, -0.15) is 0 Å². The van der Waals surface area contributed by atoms with Gasteiger partial charge < -0.3 is 14.7 Å². The van der Waals surface area contributed by atoms with Gasteiger partial charge in [0.25, 0.3) is 0 Å². The van der Waals surface area contributed by atoms with Gasteiger partial charge in [-0.25, -0.2) is 4.79 Å². The summed E-state index contributed by atoms with van der Waals surface area (Å²) in [6.07, 6.45) is 1.09. The van der Waals surface area contributed by atoms with Crippen molar-refractivity contribution in [1.82, 2.24) is 4.90 Å². The molecule has 0 saturated heterocycles. The molecule has 1 N–H and O–H groups in total. The maximum Gasteiger partial charge on any atom is 0.409 e. The number of hydrogen-bond donors (Lipinski definition) is 1. The van der Waals surface area contributed by atoms with Crippen LogP contribution in [-0.2, 0) is 4.74 Å². The molecule has 0 aromatic rings. The van der Waals surface area contributed by atoms with Crippen LogP contribution < -0.4 is 0 Å². The summed E-state index contributed by atoms with van der Waals surface area (Å²) in [5, 5.41) is 8.69. The molecule has 0 aliphatic rings. The number of unbranched alkanes of at least 4 members (excludes halogenated alkanes) is 1. The number of amides is 1. The van der Waals surface area contributed by atoms with E-state index >= 15 is 0 Å². The number of carbonyl (C=O) groups is 1. The van der Waals surface area contributed by atoms with E-state index in [1.165, 1.54) is 0 Å². The number of alkyl halides is 1. The van der Waals surface area contributed by atoms with E-state index in [0.717, 1.165) is 6.42 Å². The fourth-order valence-corrected chi connectivity index (χ4v) is 1.46. The smallest absolute Gasteiger partial charge is 0.409 e. The van der Waals surface area contributed by atoms with E-state index in [0.29, 0.717) is 26.1 Å². The molecule has 0 aliphatic carbocycles. The Hall–Kier alpha value is -0.480. The first-order chi connectivity index (χ1) is 7.40. The SMILES string of the molecule is CCOC(=O)N(CCCCO)CC(C)(C)Cl. The predicted octanol–water partition coefficient (Wildman–Crippen LogP) is 2.23. The first kappa shape index (κ1) is 15.5. The quantitative estimate of drug-likeness (QED) is 0.558. The molecule has 0 bridgehead atoms. The fourth-order valence-electron chi connectivity index (χ4n) is 1.32. The van der Waals surface area contributed by atoms with Gasteiger partial charge in [-0.1, -0.05) is 0 Å². The highest BCUT2D eigenvalue weighted by Crippen LogP contribution is 2.15. The van der Waals surface area contributed by atoms with Gasteiger partial charge in [0.05, 0.1) is 11.5 Å². The second-order valence-corrected chi connectivity index (χ2v) is 5.29. The van der Waals surface area contributed by atoms with Crippen LogP contribution >= 0.6 is 11.6 Å². The maximum absolute atomic E-state index is 11.6. The van der Waals surface area contributed by atoms with Crippen molar-refractivity contribution >= 4 is 17.7 Å². The second kappa shape index (κ2) is 7.74. The van der Waals surface area contributed by atoms with Crippen molar-refractivity contribution < 1.29 is 14.6 Å². The van der Waals surface area contributed by atoms with Crippen LogP contribution in [0.2, 0.25) is 0 Å². The Bertz CT molecular complexity index is 204. The molecule has 5 heteroatoms. The van der Waals surface area contributed by atoms with Crippen LogP contribution in [0.25, 0.3) is 0 Å². The van der Waals surface area contributed by atoms with Crippen molar-refractivity contribution in [2.45, 2.75) is 38.5 Å². The number of halogens is 1. The molecule has 0 unspecified atom stereocenters. The summed E-state index contributed by atoms with van der Waals surface area (Å²) >= 11 is 6.09. The van der Waals surface area contributed by atoms with Crippen molar-refractivity contribution in [3.8, 4) is 0 Å². The topological polar surface area (TPSA) is 49.8 Å². The maximum atomic E-state index is 11.6. The van der Waals surface area contributed by atoms with E-state index in [1.807, 2.05) is 13.8 Å². The summed E-state index contributed by atoms with van der Waals surface area (Å²) in [6, 6.07) is 0. The zero-order valence-electron chi connectivity index (χ0n) is 10.3. The molecule has 0 heterocycles. The molecule has 0 rings (SSSR count). The van der Waals surface area contributed by atoms with Crippen LogP contribution in [-0.4, -0.2) is 47.3 Å². The summed E-state index contributed by atoms with van der Waals surface area (Å²) in [4.78, 5) is 12.7. The number of carbonyl (C=O) groups excluding carboxylic acids is 1. The summed E-state index contributed by atoms with van der Waals surface area (Å²) in [5.41, 5.74) is 0. The number of hydrogen-bond acceptors (Lipinski definition) is 3. The zero-order chi connectivity index (χ0) is 12.6. The van der Waals surface area contributed by atoms with Crippen LogP contribution in [0.5, 0.6) is 0 Å². The lowest BCUT2D eigenvalue weighted by atomic mass is 10.2. The van der Waals surface area contributed by atoms with Crippen molar-refractivity contribution in [2.75, 3.05) is 26.3 Å². The van der Waals surface area contributed by atoms with Crippen LogP contribution in [0.15, 0.2) is 0 Å². The lowest BCUT2D eigenvalue weighted by Gasteiger charge is -2.27. The molecule has 0 radical (unpaired) electrons. The van der Waals surface area contributed by atoms with Crippen LogP contribution in [0.3, 0.4) is 0 Å². The van der Waals surface area contributed by atoms with Crippen molar-refractivity contribution in [3.05, 3.63) is 0 Å². The van der Waals surface area contributed by atoms with Crippen LogP contribution in [0.4, 0.5) is 4.79 Å². The highest BCUT2D eigenvalue weighted by molar-refractivity contribution is 6.23. The summed E-state index contributed by atoms with van der Waals surface area (Å²) < 4.78 is 4.95. The minimum absolute atomic E-state index is 0.140. The zero-order valence-corrected chi connectivity index (χ0v) is 11.1. The number of ether oxygens (including phenoxy) is 1. The Morgan fingerprint density at radius 3 is 2.50 bits per heavy atom.